The first-order valence-corrected chi connectivity index (χ1v) is 8.26. The summed E-state index contributed by atoms with van der Waals surface area (Å²) in [6, 6.07) is 6.83. The van der Waals surface area contributed by atoms with Crippen LogP contribution in [0.3, 0.4) is 0 Å². The Morgan fingerprint density at radius 1 is 1.29 bits per heavy atom. The van der Waals surface area contributed by atoms with Crippen LogP contribution < -0.4 is 0 Å². The van der Waals surface area contributed by atoms with Crippen molar-refractivity contribution in [2.45, 2.75) is 57.8 Å². The number of ether oxygens (including phenoxy) is 1. The zero-order valence-electron chi connectivity index (χ0n) is 13.2. The molecule has 1 saturated heterocycles. The van der Waals surface area contributed by atoms with E-state index in [1.165, 1.54) is 36.8 Å². The molecular weight excluding hydrogens is 262 g/mol. The van der Waals surface area contributed by atoms with Gasteiger partial charge in [0.15, 0.2) is 0 Å². The molecule has 1 aromatic carbocycles. The minimum Gasteiger partial charge on any atom is -0.387 e. The number of hydrogen-bond donors (Lipinski definition) is 1. The van der Waals surface area contributed by atoms with E-state index >= 15 is 0 Å². The molecular formula is C18H27NO2. The quantitative estimate of drug-likeness (QED) is 0.928. The maximum Gasteiger partial charge on any atom is 0.0919 e. The van der Waals surface area contributed by atoms with Gasteiger partial charge in [0, 0.05) is 19.1 Å². The fraction of sp³-hybridized carbons (Fsp3) is 0.667. The maximum atomic E-state index is 10.7. The minimum absolute atomic E-state index is 0.388. The largest absolute Gasteiger partial charge is 0.387 e. The summed E-state index contributed by atoms with van der Waals surface area (Å²) in [6.45, 7) is 6.67. The second-order valence-electron chi connectivity index (χ2n) is 6.63. The van der Waals surface area contributed by atoms with Crippen LogP contribution in [0.1, 0.15) is 48.5 Å². The maximum absolute atomic E-state index is 10.7. The second kappa shape index (κ2) is 6.47. The number of aliphatic hydroxyl groups excluding tert-OH is 1. The van der Waals surface area contributed by atoms with E-state index < -0.39 is 6.10 Å². The van der Waals surface area contributed by atoms with Crippen molar-refractivity contribution in [3.63, 3.8) is 0 Å². The summed E-state index contributed by atoms with van der Waals surface area (Å²) in [5.74, 6) is 0. The van der Waals surface area contributed by atoms with Gasteiger partial charge in [0.1, 0.15) is 0 Å². The molecule has 1 aliphatic carbocycles. The molecule has 0 radical (unpaired) electrons. The van der Waals surface area contributed by atoms with Gasteiger partial charge >= 0.3 is 0 Å². The number of morpholine rings is 1. The van der Waals surface area contributed by atoms with Crippen molar-refractivity contribution in [3.8, 4) is 0 Å². The third kappa shape index (κ3) is 3.31. The van der Waals surface area contributed by atoms with Crippen LogP contribution in [0, 0.1) is 13.8 Å². The Kier molecular flexibility index (Phi) is 4.63. The fourth-order valence-electron chi connectivity index (χ4n) is 3.92. The predicted octanol–water partition coefficient (Wildman–Crippen LogP) is 2.98. The molecule has 0 spiro atoms. The van der Waals surface area contributed by atoms with Gasteiger partial charge in [-0.1, -0.05) is 36.6 Å². The number of fused-ring (bicyclic) bond motifs is 1. The van der Waals surface area contributed by atoms with Crippen LogP contribution in [0.5, 0.6) is 0 Å². The first-order chi connectivity index (χ1) is 10.1. The normalized spacial score (nSPS) is 28.1. The summed E-state index contributed by atoms with van der Waals surface area (Å²) in [5.41, 5.74) is 3.51. The van der Waals surface area contributed by atoms with Crippen LogP contribution in [-0.2, 0) is 4.74 Å². The Bertz CT molecular complexity index is 486. The van der Waals surface area contributed by atoms with E-state index in [4.69, 9.17) is 4.74 Å². The van der Waals surface area contributed by atoms with Gasteiger partial charge in [-0.2, -0.15) is 0 Å². The summed E-state index contributed by atoms with van der Waals surface area (Å²) in [4.78, 5) is 2.46. The van der Waals surface area contributed by atoms with Crippen molar-refractivity contribution in [2.75, 3.05) is 19.7 Å². The van der Waals surface area contributed by atoms with Gasteiger partial charge in [0.2, 0.25) is 0 Å². The number of hydrogen-bond acceptors (Lipinski definition) is 3. The van der Waals surface area contributed by atoms with Crippen molar-refractivity contribution in [2.24, 2.45) is 0 Å². The van der Waals surface area contributed by atoms with Crippen molar-refractivity contribution >= 4 is 0 Å². The number of β-amino-alcohol motifs (C(OH)–C–C–N with tert-alkyl or cyclic N) is 1. The monoisotopic (exact) mass is 289 g/mol. The Hall–Kier alpha value is -0.900. The van der Waals surface area contributed by atoms with E-state index in [2.05, 4.69) is 36.9 Å². The van der Waals surface area contributed by atoms with Gasteiger partial charge in [0.05, 0.1) is 18.8 Å². The third-order valence-electron chi connectivity index (χ3n) is 5.04. The van der Waals surface area contributed by atoms with E-state index in [0.717, 1.165) is 25.3 Å². The lowest BCUT2D eigenvalue weighted by atomic mass is 9.89. The van der Waals surface area contributed by atoms with Gasteiger partial charge in [-0.05, 0) is 37.8 Å². The zero-order valence-corrected chi connectivity index (χ0v) is 13.2. The average molecular weight is 289 g/mol. The number of aliphatic hydroxyl groups is 1. The number of nitrogens with zero attached hydrogens (tertiary/aromatic N) is 1. The zero-order chi connectivity index (χ0) is 14.8. The van der Waals surface area contributed by atoms with E-state index in [-0.39, 0.29) is 0 Å². The predicted molar refractivity (Wildman–Crippen MR) is 84.4 cm³/mol. The lowest BCUT2D eigenvalue weighted by Crippen LogP contribution is -2.53. The van der Waals surface area contributed by atoms with Gasteiger partial charge in [-0.15, -0.1) is 0 Å². The molecule has 0 amide bonds. The standard InChI is InChI=1S/C18H27NO2/c1-13-7-8-15(14(2)11-13)17(20)12-19-9-10-21-18-6-4-3-5-16(18)19/h7-8,11,16-18,20H,3-6,9-10,12H2,1-2H3. The molecule has 1 N–H and O–H groups in total. The molecule has 3 atom stereocenters. The molecule has 3 rings (SSSR count). The lowest BCUT2D eigenvalue weighted by Gasteiger charge is -2.44. The molecule has 1 saturated carbocycles. The molecule has 2 fully saturated rings. The third-order valence-corrected chi connectivity index (χ3v) is 5.04. The Balaban J connectivity index is 1.69. The molecule has 3 nitrogen and oxygen atoms in total. The Morgan fingerprint density at radius 2 is 2.10 bits per heavy atom. The highest BCUT2D eigenvalue weighted by Crippen LogP contribution is 2.30. The molecule has 3 unspecified atom stereocenters. The molecule has 0 bridgehead atoms. The summed E-state index contributed by atoms with van der Waals surface area (Å²) in [5, 5.41) is 10.7. The van der Waals surface area contributed by atoms with Crippen LogP contribution >= 0.6 is 0 Å². The van der Waals surface area contributed by atoms with Crippen molar-refractivity contribution in [1.82, 2.24) is 4.90 Å². The van der Waals surface area contributed by atoms with Gasteiger partial charge < -0.3 is 9.84 Å². The molecule has 3 heteroatoms. The van der Waals surface area contributed by atoms with Gasteiger partial charge in [0.25, 0.3) is 0 Å². The fourth-order valence-corrected chi connectivity index (χ4v) is 3.92. The highest BCUT2D eigenvalue weighted by Gasteiger charge is 2.35. The summed E-state index contributed by atoms with van der Waals surface area (Å²) >= 11 is 0. The van der Waals surface area contributed by atoms with Crippen LogP contribution in [0.15, 0.2) is 18.2 Å². The topological polar surface area (TPSA) is 32.7 Å². The van der Waals surface area contributed by atoms with Crippen molar-refractivity contribution in [3.05, 3.63) is 34.9 Å². The van der Waals surface area contributed by atoms with Gasteiger partial charge in [-0.25, -0.2) is 0 Å². The number of rotatable bonds is 3. The highest BCUT2D eigenvalue weighted by atomic mass is 16.5. The number of aryl methyl sites for hydroxylation is 2. The van der Waals surface area contributed by atoms with Crippen molar-refractivity contribution in [1.29, 1.82) is 0 Å². The van der Waals surface area contributed by atoms with E-state index in [9.17, 15) is 5.11 Å². The molecule has 1 aliphatic heterocycles. The lowest BCUT2D eigenvalue weighted by molar-refractivity contribution is -0.0975. The molecule has 2 aliphatic rings. The minimum atomic E-state index is -0.397. The van der Waals surface area contributed by atoms with Crippen LogP contribution in [0.2, 0.25) is 0 Å². The molecule has 1 aromatic rings. The average Bonchev–Trinajstić information content (AvgIpc) is 2.47. The Labute approximate surface area is 127 Å². The number of benzene rings is 1. The summed E-state index contributed by atoms with van der Waals surface area (Å²) < 4.78 is 5.92. The second-order valence-corrected chi connectivity index (χ2v) is 6.63. The van der Waals surface area contributed by atoms with E-state index in [0.29, 0.717) is 12.1 Å². The van der Waals surface area contributed by atoms with E-state index in [1.807, 2.05) is 0 Å². The van der Waals surface area contributed by atoms with Crippen LogP contribution in [0.25, 0.3) is 0 Å². The van der Waals surface area contributed by atoms with Gasteiger partial charge in [-0.3, -0.25) is 4.90 Å². The molecule has 0 aromatic heterocycles. The summed E-state index contributed by atoms with van der Waals surface area (Å²) in [7, 11) is 0. The van der Waals surface area contributed by atoms with E-state index in [1.54, 1.807) is 0 Å². The first-order valence-electron chi connectivity index (χ1n) is 8.26. The smallest absolute Gasteiger partial charge is 0.0919 e. The summed E-state index contributed by atoms with van der Waals surface area (Å²) in [6.07, 6.45) is 4.96. The molecule has 1 heterocycles. The molecule has 21 heavy (non-hydrogen) atoms. The van der Waals surface area contributed by atoms with Crippen LogP contribution in [0.4, 0.5) is 0 Å². The SMILES string of the molecule is Cc1ccc(C(O)CN2CCOC3CCCCC32)c(C)c1. The van der Waals surface area contributed by atoms with Crippen LogP contribution in [-0.4, -0.2) is 41.8 Å². The van der Waals surface area contributed by atoms with Crippen molar-refractivity contribution < 1.29 is 9.84 Å². The Morgan fingerprint density at radius 3 is 2.90 bits per heavy atom. The first kappa shape index (κ1) is 15.0. The molecule has 116 valence electrons. The highest BCUT2D eigenvalue weighted by molar-refractivity contribution is 5.32.